The van der Waals surface area contributed by atoms with Crippen LogP contribution in [0.25, 0.3) is 21.8 Å². The lowest BCUT2D eigenvalue weighted by Gasteiger charge is -2.07. The molecule has 0 unspecified atom stereocenters. The first kappa shape index (κ1) is 17.2. The highest BCUT2D eigenvalue weighted by Gasteiger charge is 2.10. The van der Waals surface area contributed by atoms with Gasteiger partial charge in [0.15, 0.2) is 0 Å². The summed E-state index contributed by atoms with van der Waals surface area (Å²) in [5.74, 6) is 0.627. The molecule has 5 nitrogen and oxygen atoms in total. The van der Waals surface area contributed by atoms with Crippen LogP contribution in [0.1, 0.15) is 18.3 Å². The first-order valence-corrected chi connectivity index (χ1v) is 9.67. The fraction of sp³-hybridized carbons (Fsp3) is 0.105. The van der Waals surface area contributed by atoms with Gasteiger partial charge in [0.2, 0.25) is 0 Å². The van der Waals surface area contributed by atoms with Crippen molar-refractivity contribution in [3.05, 3.63) is 73.3 Å². The summed E-state index contributed by atoms with van der Waals surface area (Å²) in [6.07, 6.45) is 4.18. The van der Waals surface area contributed by atoms with Crippen LogP contribution in [0.15, 0.2) is 61.4 Å². The Labute approximate surface area is 166 Å². The number of hydrogen-bond donors (Lipinski definition) is 1. The Morgan fingerprint density at radius 2 is 1.88 bits per heavy atom. The molecule has 2 heterocycles. The molecule has 0 spiro atoms. The molecule has 4 rings (SSSR count). The molecule has 0 saturated carbocycles. The topological polar surface area (TPSA) is 63.0 Å². The van der Waals surface area contributed by atoms with Gasteiger partial charge in [-0.05, 0) is 36.4 Å². The number of nitrogens with zero attached hydrogens (tertiary/aromatic N) is 3. The Morgan fingerprint density at radius 3 is 2.65 bits per heavy atom. The molecule has 2 aromatic heterocycles. The third-order valence-electron chi connectivity index (χ3n) is 4.18. The summed E-state index contributed by atoms with van der Waals surface area (Å²) in [5, 5.41) is 6.02. The number of halogens is 2. The molecule has 0 saturated heterocycles. The molecule has 0 atom stereocenters. The van der Waals surface area contributed by atoms with Crippen LogP contribution >= 0.6 is 31.9 Å². The SMILES string of the molecule is CCc1nc2ccc(Br)cc2c(=O)n1N=Cc1c[nH]c2ccc(Br)cc12. The minimum atomic E-state index is -0.176. The highest BCUT2D eigenvalue weighted by atomic mass is 79.9. The van der Waals surface area contributed by atoms with E-state index in [-0.39, 0.29) is 5.56 Å². The molecule has 2 aromatic carbocycles. The largest absolute Gasteiger partial charge is 0.361 e. The van der Waals surface area contributed by atoms with E-state index < -0.39 is 0 Å². The maximum absolute atomic E-state index is 12.9. The minimum Gasteiger partial charge on any atom is -0.361 e. The molecule has 0 bridgehead atoms. The second kappa shape index (κ2) is 6.81. The third-order valence-corrected chi connectivity index (χ3v) is 5.17. The zero-order chi connectivity index (χ0) is 18.3. The van der Waals surface area contributed by atoms with Crippen molar-refractivity contribution in [2.24, 2.45) is 5.10 Å². The fourth-order valence-corrected chi connectivity index (χ4v) is 3.61. The molecule has 130 valence electrons. The Morgan fingerprint density at radius 1 is 1.15 bits per heavy atom. The highest BCUT2D eigenvalue weighted by Crippen LogP contribution is 2.22. The van der Waals surface area contributed by atoms with Crippen LogP contribution in [0.4, 0.5) is 0 Å². The summed E-state index contributed by atoms with van der Waals surface area (Å²) in [6, 6.07) is 11.5. The number of aryl methyl sites for hydroxylation is 1. The smallest absolute Gasteiger partial charge is 0.282 e. The monoisotopic (exact) mass is 472 g/mol. The summed E-state index contributed by atoms with van der Waals surface area (Å²) in [6.45, 7) is 1.96. The van der Waals surface area contributed by atoms with E-state index in [9.17, 15) is 4.79 Å². The van der Waals surface area contributed by atoms with Gasteiger partial charge in [-0.2, -0.15) is 9.78 Å². The van der Waals surface area contributed by atoms with Gasteiger partial charge in [-0.1, -0.05) is 38.8 Å². The zero-order valence-corrected chi connectivity index (χ0v) is 17.0. The zero-order valence-electron chi connectivity index (χ0n) is 13.8. The Balaban J connectivity index is 1.88. The summed E-state index contributed by atoms with van der Waals surface area (Å²) in [5.41, 5.74) is 2.42. The molecule has 0 aliphatic rings. The van der Waals surface area contributed by atoms with Crippen molar-refractivity contribution in [1.29, 1.82) is 0 Å². The van der Waals surface area contributed by atoms with Crippen molar-refractivity contribution >= 4 is 59.9 Å². The standard InChI is InChI=1S/C19H14Br2N4O/c1-2-18-24-17-6-4-13(21)8-15(17)19(26)25(18)23-10-11-9-22-16-5-3-12(20)7-14(11)16/h3-10,22H,2H2,1H3. The minimum absolute atomic E-state index is 0.176. The quantitative estimate of drug-likeness (QED) is 0.432. The van der Waals surface area contributed by atoms with Gasteiger partial charge in [-0.15, -0.1) is 0 Å². The third kappa shape index (κ3) is 3.01. The molecule has 0 aliphatic heterocycles. The van der Waals surface area contributed by atoms with Crippen LogP contribution in [-0.4, -0.2) is 20.9 Å². The molecular weight excluding hydrogens is 460 g/mol. The average Bonchev–Trinajstić information content (AvgIpc) is 3.03. The van der Waals surface area contributed by atoms with Crippen LogP contribution < -0.4 is 5.56 Å². The van der Waals surface area contributed by atoms with Gasteiger partial charge in [-0.3, -0.25) is 4.79 Å². The highest BCUT2D eigenvalue weighted by molar-refractivity contribution is 9.10. The average molecular weight is 474 g/mol. The molecule has 0 amide bonds. The summed E-state index contributed by atoms with van der Waals surface area (Å²) in [4.78, 5) is 20.7. The lowest BCUT2D eigenvalue weighted by atomic mass is 10.2. The van der Waals surface area contributed by atoms with E-state index in [1.165, 1.54) is 4.68 Å². The molecule has 1 N–H and O–H groups in total. The fourth-order valence-electron chi connectivity index (χ4n) is 2.88. The number of rotatable bonds is 3. The molecule has 26 heavy (non-hydrogen) atoms. The van der Waals surface area contributed by atoms with E-state index in [0.29, 0.717) is 23.1 Å². The van der Waals surface area contributed by atoms with Crippen LogP contribution in [0.2, 0.25) is 0 Å². The van der Waals surface area contributed by atoms with E-state index in [0.717, 1.165) is 25.4 Å². The van der Waals surface area contributed by atoms with Gasteiger partial charge in [0.1, 0.15) is 5.82 Å². The molecular formula is C19H14Br2N4O. The number of hydrogen-bond acceptors (Lipinski definition) is 3. The van der Waals surface area contributed by atoms with E-state index >= 15 is 0 Å². The molecule has 0 radical (unpaired) electrons. The predicted molar refractivity (Wildman–Crippen MR) is 112 cm³/mol. The van der Waals surface area contributed by atoms with Gasteiger partial charge in [0.25, 0.3) is 5.56 Å². The number of aromatic amines is 1. The van der Waals surface area contributed by atoms with Crippen molar-refractivity contribution < 1.29 is 0 Å². The summed E-state index contributed by atoms with van der Waals surface area (Å²) >= 11 is 6.90. The van der Waals surface area contributed by atoms with E-state index in [4.69, 9.17) is 0 Å². The van der Waals surface area contributed by atoms with Crippen LogP contribution in [0.3, 0.4) is 0 Å². The maximum Gasteiger partial charge on any atom is 0.282 e. The number of H-pyrrole nitrogens is 1. The van der Waals surface area contributed by atoms with Gasteiger partial charge in [-0.25, -0.2) is 4.98 Å². The lowest BCUT2D eigenvalue weighted by molar-refractivity contribution is 0.735. The summed E-state index contributed by atoms with van der Waals surface area (Å²) < 4.78 is 3.21. The van der Waals surface area contributed by atoms with Gasteiger partial charge in [0.05, 0.1) is 17.1 Å². The second-order valence-electron chi connectivity index (χ2n) is 5.84. The van der Waals surface area contributed by atoms with Crippen LogP contribution in [-0.2, 0) is 6.42 Å². The molecule has 0 fully saturated rings. The number of fused-ring (bicyclic) bond motifs is 2. The van der Waals surface area contributed by atoms with E-state index in [1.54, 1.807) is 12.3 Å². The number of nitrogens with one attached hydrogen (secondary N) is 1. The molecule has 4 aromatic rings. The van der Waals surface area contributed by atoms with Crippen LogP contribution in [0.5, 0.6) is 0 Å². The second-order valence-corrected chi connectivity index (χ2v) is 7.67. The summed E-state index contributed by atoms with van der Waals surface area (Å²) in [7, 11) is 0. The van der Waals surface area contributed by atoms with Gasteiger partial charge in [0, 0.05) is 38.0 Å². The normalized spacial score (nSPS) is 11.8. The Kier molecular flexibility index (Phi) is 4.50. The van der Waals surface area contributed by atoms with Gasteiger partial charge >= 0.3 is 0 Å². The first-order chi connectivity index (χ1) is 12.6. The number of benzene rings is 2. The Hall–Kier alpha value is -2.25. The lowest BCUT2D eigenvalue weighted by Crippen LogP contribution is -2.22. The van der Waals surface area contributed by atoms with Crippen molar-refractivity contribution in [3.63, 3.8) is 0 Å². The van der Waals surface area contributed by atoms with E-state index in [2.05, 4.69) is 46.9 Å². The first-order valence-electron chi connectivity index (χ1n) is 8.09. The van der Waals surface area contributed by atoms with Crippen molar-refractivity contribution in [1.82, 2.24) is 14.6 Å². The number of aromatic nitrogens is 3. The Bertz CT molecular complexity index is 1220. The van der Waals surface area contributed by atoms with Crippen molar-refractivity contribution in [2.45, 2.75) is 13.3 Å². The maximum atomic E-state index is 12.9. The van der Waals surface area contributed by atoms with Crippen LogP contribution in [0, 0.1) is 0 Å². The predicted octanol–water partition coefficient (Wildman–Crippen LogP) is 4.85. The molecule has 7 heteroatoms. The molecule has 0 aliphatic carbocycles. The van der Waals surface area contributed by atoms with Gasteiger partial charge < -0.3 is 4.98 Å². The van der Waals surface area contributed by atoms with E-state index in [1.807, 2.05) is 43.5 Å². The van der Waals surface area contributed by atoms with Crippen molar-refractivity contribution in [3.8, 4) is 0 Å². The van der Waals surface area contributed by atoms with Crippen molar-refractivity contribution in [2.75, 3.05) is 0 Å².